The molecule has 1 fully saturated rings. The van der Waals surface area contributed by atoms with Crippen molar-refractivity contribution >= 4 is 5.84 Å². The van der Waals surface area contributed by atoms with Gasteiger partial charge in [0.25, 0.3) is 0 Å². The van der Waals surface area contributed by atoms with E-state index in [1.807, 2.05) is 6.07 Å². The lowest BCUT2D eigenvalue weighted by atomic mass is 10.1. The van der Waals surface area contributed by atoms with Gasteiger partial charge >= 0.3 is 0 Å². The molecule has 0 aliphatic carbocycles. The Labute approximate surface area is 95.4 Å². The van der Waals surface area contributed by atoms with Crippen LogP contribution in [0.5, 0.6) is 0 Å². The molecule has 16 heavy (non-hydrogen) atoms. The molecule has 0 unspecified atom stereocenters. The van der Waals surface area contributed by atoms with Gasteiger partial charge in [-0.2, -0.15) is 0 Å². The van der Waals surface area contributed by atoms with Gasteiger partial charge in [-0.15, -0.1) is 0 Å². The highest BCUT2D eigenvalue weighted by Gasteiger charge is 2.30. The van der Waals surface area contributed by atoms with Crippen LogP contribution in [-0.4, -0.2) is 35.0 Å². The van der Waals surface area contributed by atoms with Crippen LogP contribution in [0.1, 0.15) is 24.4 Å². The summed E-state index contributed by atoms with van der Waals surface area (Å²) in [5.74, 6) is 1.09. The third-order valence-corrected chi connectivity index (χ3v) is 3.40. The minimum Gasteiger partial charge on any atom is -0.393 e. The van der Waals surface area contributed by atoms with Gasteiger partial charge in [0, 0.05) is 19.5 Å². The topological polar surface area (TPSA) is 35.8 Å². The van der Waals surface area contributed by atoms with Gasteiger partial charge < -0.3 is 10.0 Å². The number of fused-ring (bicyclic) bond motifs is 1. The molecule has 0 radical (unpaired) electrons. The van der Waals surface area contributed by atoms with Crippen molar-refractivity contribution in [2.24, 2.45) is 4.99 Å². The van der Waals surface area contributed by atoms with Crippen molar-refractivity contribution < 1.29 is 5.11 Å². The predicted octanol–water partition coefficient (Wildman–Crippen LogP) is 1.60. The average Bonchev–Trinajstić information content (AvgIpc) is 2.73. The minimum atomic E-state index is -0.190. The highest BCUT2D eigenvalue weighted by atomic mass is 16.3. The molecule has 1 N–H and O–H groups in total. The fourth-order valence-corrected chi connectivity index (χ4v) is 2.49. The van der Waals surface area contributed by atoms with Gasteiger partial charge in [0.15, 0.2) is 0 Å². The van der Waals surface area contributed by atoms with Crippen LogP contribution in [0.15, 0.2) is 35.3 Å². The summed E-state index contributed by atoms with van der Waals surface area (Å²) in [6, 6.07) is 10.7. The number of hydrogen-bond acceptors (Lipinski definition) is 3. The molecule has 1 aromatic carbocycles. The van der Waals surface area contributed by atoms with E-state index in [0.717, 1.165) is 31.8 Å². The number of hydrogen-bond donors (Lipinski definition) is 1. The highest BCUT2D eigenvalue weighted by Crippen LogP contribution is 2.28. The second-order valence-corrected chi connectivity index (χ2v) is 4.56. The van der Waals surface area contributed by atoms with E-state index in [1.54, 1.807) is 0 Å². The highest BCUT2D eigenvalue weighted by molar-refractivity contribution is 5.85. The van der Waals surface area contributed by atoms with Crippen LogP contribution in [0.2, 0.25) is 0 Å². The van der Waals surface area contributed by atoms with Crippen molar-refractivity contribution in [3.8, 4) is 0 Å². The molecule has 84 valence electrons. The number of aliphatic hydroxyl groups excluding tert-OH is 1. The van der Waals surface area contributed by atoms with Crippen LogP contribution in [0.4, 0.5) is 0 Å². The second kappa shape index (κ2) is 3.91. The Hall–Kier alpha value is -1.35. The smallest absolute Gasteiger partial charge is 0.102 e. The van der Waals surface area contributed by atoms with E-state index < -0.39 is 0 Å². The molecule has 3 heteroatoms. The average molecular weight is 216 g/mol. The Morgan fingerprint density at radius 2 is 2.06 bits per heavy atom. The molecule has 3 nitrogen and oxygen atoms in total. The van der Waals surface area contributed by atoms with Crippen LogP contribution in [0.25, 0.3) is 0 Å². The molecule has 0 bridgehead atoms. The van der Waals surface area contributed by atoms with Gasteiger partial charge in [0.05, 0.1) is 12.1 Å². The van der Waals surface area contributed by atoms with Crippen molar-refractivity contribution in [1.82, 2.24) is 4.90 Å². The summed E-state index contributed by atoms with van der Waals surface area (Å²) in [4.78, 5) is 7.02. The lowest BCUT2D eigenvalue weighted by Gasteiger charge is -2.28. The summed E-state index contributed by atoms with van der Waals surface area (Å²) < 4.78 is 0. The molecule has 1 saturated heterocycles. The van der Waals surface area contributed by atoms with E-state index in [1.165, 1.54) is 5.56 Å². The molecule has 2 aliphatic rings. The number of aliphatic imine (C=N–C) groups is 1. The number of nitrogens with zero attached hydrogens (tertiary/aromatic N) is 2. The van der Waals surface area contributed by atoms with Crippen LogP contribution in [0.3, 0.4) is 0 Å². The number of amidine groups is 1. The number of rotatable bonds is 1. The second-order valence-electron chi connectivity index (χ2n) is 4.56. The summed E-state index contributed by atoms with van der Waals surface area (Å²) in [5.41, 5.74) is 1.28. The van der Waals surface area contributed by atoms with Gasteiger partial charge in [0.1, 0.15) is 5.84 Å². The molecule has 3 rings (SSSR count). The molecule has 1 aromatic rings. The normalized spacial score (nSPS) is 28.8. The Morgan fingerprint density at radius 1 is 1.25 bits per heavy atom. The van der Waals surface area contributed by atoms with Crippen molar-refractivity contribution in [2.75, 3.05) is 13.1 Å². The van der Waals surface area contributed by atoms with E-state index in [2.05, 4.69) is 29.2 Å². The third-order valence-electron chi connectivity index (χ3n) is 3.40. The molecular weight excluding hydrogens is 200 g/mol. The van der Waals surface area contributed by atoms with Crippen molar-refractivity contribution in [3.05, 3.63) is 35.9 Å². The third kappa shape index (κ3) is 1.71. The Bertz CT molecular complexity index is 402. The van der Waals surface area contributed by atoms with Crippen LogP contribution in [-0.2, 0) is 0 Å². The fraction of sp³-hybridized carbons (Fsp3) is 0.462. The largest absolute Gasteiger partial charge is 0.393 e. The SMILES string of the molecule is O[C@@H]1CCN2C[C@@H](c3ccccc3)N=C2C1. The maximum Gasteiger partial charge on any atom is 0.102 e. The van der Waals surface area contributed by atoms with E-state index in [9.17, 15) is 5.11 Å². The van der Waals surface area contributed by atoms with E-state index in [4.69, 9.17) is 4.99 Å². The van der Waals surface area contributed by atoms with Crippen LogP contribution < -0.4 is 0 Å². The van der Waals surface area contributed by atoms with Gasteiger partial charge in [-0.05, 0) is 12.0 Å². The standard InChI is InChI=1S/C13H16N2O/c16-11-6-7-15-9-12(14-13(15)8-11)10-4-2-1-3-5-10/h1-5,11-12,16H,6-9H2/t11-,12+/m1/s1. The quantitative estimate of drug-likeness (QED) is 0.774. The lowest BCUT2D eigenvalue weighted by molar-refractivity contribution is 0.143. The predicted molar refractivity (Wildman–Crippen MR) is 63.4 cm³/mol. The summed E-state index contributed by atoms with van der Waals surface area (Å²) >= 11 is 0. The lowest BCUT2D eigenvalue weighted by Crippen LogP contribution is -2.38. The molecule has 2 heterocycles. The molecule has 0 amide bonds. The minimum absolute atomic E-state index is 0.190. The molecule has 2 aliphatic heterocycles. The van der Waals surface area contributed by atoms with Crippen molar-refractivity contribution in [1.29, 1.82) is 0 Å². The van der Waals surface area contributed by atoms with Gasteiger partial charge in [-0.1, -0.05) is 30.3 Å². The van der Waals surface area contributed by atoms with Crippen molar-refractivity contribution in [2.45, 2.75) is 25.0 Å². The van der Waals surface area contributed by atoms with Gasteiger partial charge in [0.2, 0.25) is 0 Å². The summed E-state index contributed by atoms with van der Waals surface area (Å²) in [6.07, 6.45) is 1.41. The Kier molecular flexibility index (Phi) is 2.40. The zero-order chi connectivity index (χ0) is 11.0. The first kappa shape index (κ1) is 9.85. The first-order chi connectivity index (χ1) is 7.83. The monoisotopic (exact) mass is 216 g/mol. The Morgan fingerprint density at radius 3 is 2.88 bits per heavy atom. The summed E-state index contributed by atoms with van der Waals surface area (Å²) in [5, 5.41) is 9.61. The molecule has 0 saturated carbocycles. The zero-order valence-corrected chi connectivity index (χ0v) is 9.21. The van der Waals surface area contributed by atoms with Crippen LogP contribution >= 0.6 is 0 Å². The molecule has 0 aromatic heterocycles. The number of piperidine rings is 1. The molecule has 0 spiro atoms. The van der Waals surface area contributed by atoms with E-state index in [0.29, 0.717) is 0 Å². The number of aliphatic hydroxyl groups is 1. The Balaban J connectivity index is 1.82. The number of benzene rings is 1. The first-order valence-electron chi connectivity index (χ1n) is 5.87. The first-order valence-corrected chi connectivity index (χ1v) is 5.87. The maximum absolute atomic E-state index is 9.61. The van der Waals surface area contributed by atoms with E-state index >= 15 is 0 Å². The maximum atomic E-state index is 9.61. The van der Waals surface area contributed by atoms with Crippen molar-refractivity contribution in [3.63, 3.8) is 0 Å². The van der Waals surface area contributed by atoms with Gasteiger partial charge in [-0.3, -0.25) is 4.99 Å². The summed E-state index contributed by atoms with van der Waals surface area (Å²) in [7, 11) is 0. The van der Waals surface area contributed by atoms with Gasteiger partial charge in [-0.25, -0.2) is 0 Å². The summed E-state index contributed by atoms with van der Waals surface area (Å²) in [6.45, 7) is 1.93. The molecule has 2 atom stereocenters. The fourth-order valence-electron chi connectivity index (χ4n) is 2.49. The van der Waals surface area contributed by atoms with E-state index in [-0.39, 0.29) is 12.1 Å². The van der Waals surface area contributed by atoms with Crippen LogP contribution in [0, 0.1) is 0 Å². The zero-order valence-electron chi connectivity index (χ0n) is 9.21. The molecular formula is C13H16N2O.